The molecule has 2 amide bonds. The molecule has 7 heteroatoms. The molecule has 0 bridgehead atoms. The van der Waals surface area contributed by atoms with E-state index in [1.807, 2.05) is 0 Å². The number of carbonyl (C=O) groups is 2. The van der Waals surface area contributed by atoms with Crippen LogP contribution in [0.25, 0.3) is 17.0 Å². The van der Waals surface area contributed by atoms with Crippen molar-refractivity contribution in [3.05, 3.63) is 64.5 Å². The minimum absolute atomic E-state index is 0.0962. The van der Waals surface area contributed by atoms with Gasteiger partial charge in [0, 0.05) is 23.9 Å². The maximum atomic E-state index is 11.6. The summed E-state index contributed by atoms with van der Waals surface area (Å²) >= 11 is 0.822. The summed E-state index contributed by atoms with van der Waals surface area (Å²) in [6, 6.07) is 8.49. The van der Waals surface area contributed by atoms with Crippen LogP contribution in [0, 0.1) is 11.8 Å². The van der Waals surface area contributed by atoms with Crippen LogP contribution in [0.4, 0.5) is 4.79 Å². The number of aromatic hydroxyl groups is 1. The average Bonchev–Trinajstić information content (AvgIpc) is 3.17. The molecule has 1 aromatic carbocycles. The van der Waals surface area contributed by atoms with Crippen LogP contribution < -0.4 is 5.32 Å². The van der Waals surface area contributed by atoms with Gasteiger partial charge in [-0.15, -0.1) is 0 Å². The zero-order valence-corrected chi connectivity index (χ0v) is 14.0. The van der Waals surface area contributed by atoms with Gasteiger partial charge in [0.1, 0.15) is 11.5 Å². The van der Waals surface area contributed by atoms with Crippen molar-refractivity contribution in [1.82, 2.24) is 10.3 Å². The van der Waals surface area contributed by atoms with E-state index in [4.69, 9.17) is 4.42 Å². The molecule has 6 nitrogen and oxygen atoms in total. The predicted molar refractivity (Wildman–Crippen MR) is 97.2 cm³/mol. The van der Waals surface area contributed by atoms with Gasteiger partial charge in [0.15, 0.2) is 5.58 Å². The number of hydrogen-bond donors (Lipinski definition) is 2. The van der Waals surface area contributed by atoms with E-state index in [0.29, 0.717) is 22.5 Å². The molecule has 1 fully saturated rings. The van der Waals surface area contributed by atoms with Gasteiger partial charge in [-0.05, 0) is 30.0 Å². The van der Waals surface area contributed by atoms with Crippen LogP contribution in [0.1, 0.15) is 16.9 Å². The van der Waals surface area contributed by atoms with E-state index < -0.39 is 11.1 Å². The number of pyridine rings is 1. The molecular weight excluding hydrogens is 352 g/mol. The van der Waals surface area contributed by atoms with Crippen molar-refractivity contribution in [3.63, 3.8) is 0 Å². The fourth-order valence-electron chi connectivity index (χ4n) is 2.41. The van der Waals surface area contributed by atoms with Crippen molar-refractivity contribution in [2.24, 2.45) is 0 Å². The number of furan rings is 1. The Morgan fingerprint density at radius 2 is 1.96 bits per heavy atom. The molecule has 4 rings (SSSR count). The van der Waals surface area contributed by atoms with Gasteiger partial charge in [0.2, 0.25) is 0 Å². The molecule has 0 spiro atoms. The van der Waals surface area contributed by atoms with E-state index >= 15 is 0 Å². The van der Waals surface area contributed by atoms with E-state index in [0.717, 1.165) is 17.1 Å². The van der Waals surface area contributed by atoms with Crippen LogP contribution in [0.15, 0.2) is 52.0 Å². The second-order valence-corrected chi connectivity index (χ2v) is 6.39. The number of nitrogens with one attached hydrogen (secondary N) is 1. The SMILES string of the molecule is O=C1NC(=O)C(=Cc2cc3cncc(C#Cc4ccccc4O)c3o2)S1. The summed E-state index contributed by atoms with van der Waals surface area (Å²) in [5.41, 5.74) is 1.57. The van der Waals surface area contributed by atoms with E-state index in [-0.39, 0.29) is 10.7 Å². The first-order valence-corrected chi connectivity index (χ1v) is 8.34. The third-order valence-corrected chi connectivity index (χ3v) is 4.40. The Balaban J connectivity index is 1.73. The molecule has 2 aromatic heterocycles. The summed E-state index contributed by atoms with van der Waals surface area (Å²) in [7, 11) is 0. The quantitative estimate of drug-likeness (QED) is 0.510. The van der Waals surface area contributed by atoms with E-state index in [1.165, 1.54) is 6.08 Å². The van der Waals surface area contributed by atoms with Gasteiger partial charge >= 0.3 is 0 Å². The van der Waals surface area contributed by atoms with Gasteiger partial charge in [-0.3, -0.25) is 19.9 Å². The highest BCUT2D eigenvalue weighted by Crippen LogP contribution is 2.29. The Kier molecular flexibility index (Phi) is 3.95. The Bertz CT molecular complexity index is 1150. The number of hydrogen-bond acceptors (Lipinski definition) is 6. The van der Waals surface area contributed by atoms with Gasteiger partial charge in [0.05, 0.1) is 16.0 Å². The maximum Gasteiger partial charge on any atom is 0.290 e. The molecule has 0 unspecified atom stereocenters. The van der Waals surface area contributed by atoms with Crippen molar-refractivity contribution in [1.29, 1.82) is 0 Å². The van der Waals surface area contributed by atoms with E-state index in [2.05, 4.69) is 22.1 Å². The molecule has 1 saturated heterocycles. The Morgan fingerprint density at radius 3 is 2.73 bits per heavy atom. The molecule has 3 aromatic rings. The fourth-order valence-corrected chi connectivity index (χ4v) is 3.07. The smallest absolute Gasteiger partial charge is 0.290 e. The summed E-state index contributed by atoms with van der Waals surface area (Å²) in [6.07, 6.45) is 4.69. The number of imide groups is 1. The molecule has 26 heavy (non-hydrogen) atoms. The number of benzene rings is 1. The summed E-state index contributed by atoms with van der Waals surface area (Å²) in [6.45, 7) is 0. The highest BCUT2D eigenvalue weighted by atomic mass is 32.2. The van der Waals surface area contributed by atoms with Crippen LogP contribution in [0.3, 0.4) is 0 Å². The molecule has 1 aliphatic heterocycles. The summed E-state index contributed by atoms with van der Waals surface area (Å²) in [4.78, 5) is 27.3. The largest absolute Gasteiger partial charge is 0.507 e. The number of phenolic OH excluding ortho intramolecular Hbond substituents is 1. The molecular formula is C19H10N2O4S. The molecule has 0 atom stereocenters. The summed E-state index contributed by atoms with van der Waals surface area (Å²) in [5.74, 6) is 5.90. The summed E-state index contributed by atoms with van der Waals surface area (Å²) in [5, 5.41) is 12.3. The Morgan fingerprint density at radius 1 is 1.15 bits per heavy atom. The van der Waals surface area contributed by atoms with Gasteiger partial charge in [-0.25, -0.2) is 0 Å². The van der Waals surface area contributed by atoms with Crippen molar-refractivity contribution in [2.45, 2.75) is 0 Å². The van der Waals surface area contributed by atoms with Crippen LogP contribution in [0.2, 0.25) is 0 Å². The second kappa shape index (κ2) is 6.43. The predicted octanol–water partition coefficient (Wildman–Crippen LogP) is 3.26. The van der Waals surface area contributed by atoms with E-state index in [1.54, 1.807) is 42.7 Å². The minimum atomic E-state index is -0.446. The lowest BCUT2D eigenvalue weighted by Gasteiger charge is -1.95. The Labute approximate surface area is 151 Å². The van der Waals surface area contributed by atoms with E-state index in [9.17, 15) is 14.7 Å². The van der Waals surface area contributed by atoms with Gasteiger partial charge in [-0.1, -0.05) is 24.0 Å². The molecule has 3 heterocycles. The Hall–Kier alpha value is -3.50. The first-order valence-electron chi connectivity index (χ1n) is 7.52. The third kappa shape index (κ3) is 3.06. The number of fused-ring (bicyclic) bond motifs is 1. The number of nitrogens with zero attached hydrogens (tertiary/aromatic N) is 1. The van der Waals surface area contributed by atoms with Gasteiger partial charge < -0.3 is 9.52 Å². The highest BCUT2D eigenvalue weighted by molar-refractivity contribution is 8.18. The van der Waals surface area contributed by atoms with Gasteiger partial charge in [0.25, 0.3) is 11.1 Å². The zero-order chi connectivity index (χ0) is 18.1. The molecule has 0 aliphatic carbocycles. The molecule has 0 saturated carbocycles. The average molecular weight is 362 g/mol. The third-order valence-electron chi connectivity index (χ3n) is 3.59. The van der Waals surface area contributed by atoms with Crippen molar-refractivity contribution >= 4 is 40.0 Å². The number of thioether (sulfide) groups is 1. The monoisotopic (exact) mass is 362 g/mol. The fraction of sp³-hybridized carbons (Fsp3) is 0. The number of amides is 2. The highest BCUT2D eigenvalue weighted by Gasteiger charge is 2.25. The topological polar surface area (TPSA) is 92.4 Å². The number of rotatable bonds is 1. The lowest BCUT2D eigenvalue weighted by Crippen LogP contribution is -2.17. The lowest BCUT2D eigenvalue weighted by molar-refractivity contribution is -0.115. The number of phenols is 1. The summed E-state index contributed by atoms with van der Waals surface area (Å²) < 4.78 is 5.78. The first-order chi connectivity index (χ1) is 12.6. The lowest BCUT2D eigenvalue weighted by atomic mass is 10.1. The van der Waals surface area contributed by atoms with Gasteiger partial charge in [-0.2, -0.15) is 0 Å². The maximum absolute atomic E-state index is 11.6. The molecule has 126 valence electrons. The minimum Gasteiger partial charge on any atom is -0.507 e. The van der Waals surface area contributed by atoms with Crippen molar-refractivity contribution in [2.75, 3.05) is 0 Å². The molecule has 1 aliphatic rings. The molecule has 2 N–H and O–H groups in total. The molecule has 0 radical (unpaired) electrons. The first kappa shape index (κ1) is 16.0. The number of carbonyl (C=O) groups excluding carboxylic acids is 2. The van der Waals surface area contributed by atoms with Crippen molar-refractivity contribution < 1.29 is 19.1 Å². The van der Waals surface area contributed by atoms with Crippen LogP contribution in [-0.2, 0) is 4.79 Å². The second-order valence-electron chi connectivity index (χ2n) is 5.37. The van der Waals surface area contributed by atoms with Crippen LogP contribution >= 0.6 is 11.8 Å². The van der Waals surface area contributed by atoms with Crippen LogP contribution in [-0.4, -0.2) is 21.2 Å². The normalized spacial score (nSPS) is 15.2. The number of para-hydroxylation sites is 1. The number of aromatic nitrogens is 1. The standard InChI is InChI=1S/C19H10N2O4S/c22-15-4-2-1-3-11(15)5-6-12-9-20-10-13-7-14(25-17(12)13)8-16-18(23)21-19(24)26-16/h1-4,7-10,22H,(H,21,23,24). The van der Waals surface area contributed by atoms with Crippen molar-refractivity contribution in [3.8, 4) is 17.6 Å². The van der Waals surface area contributed by atoms with Crippen LogP contribution in [0.5, 0.6) is 5.75 Å². The zero-order valence-electron chi connectivity index (χ0n) is 13.1.